The molecule has 0 atom stereocenters. The summed E-state index contributed by atoms with van der Waals surface area (Å²) in [6.07, 6.45) is 5.12. The normalized spacial score (nSPS) is 17.4. The van der Waals surface area contributed by atoms with Gasteiger partial charge in [0.2, 0.25) is 0 Å². The fourth-order valence-corrected chi connectivity index (χ4v) is 3.30. The van der Waals surface area contributed by atoms with Crippen molar-refractivity contribution in [3.63, 3.8) is 0 Å². The van der Waals surface area contributed by atoms with Crippen LogP contribution in [0.4, 0.5) is 5.69 Å². The molecule has 0 bridgehead atoms. The Labute approximate surface area is 148 Å². The SMILES string of the molecule is C=CCN1C(=O)/C(=C/c2ccc[nH]2)SC1=Nc1ccccc1C(=O)O. The van der Waals surface area contributed by atoms with Crippen LogP contribution < -0.4 is 0 Å². The number of nitrogens with one attached hydrogen (secondary N) is 1. The minimum atomic E-state index is -1.06. The lowest BCUT2D eigenvalue weighted by Crippen LogP contribution is -2.29. The van der Waals surface area contributed by atoms with E-state index in [-0.39, 0.29) is 11.5 Å². The van der Waals surface area contributed by atoms with Gasteiger partial charge in [0.1, 0.15) is 0 Å². The molecule has 1 aliphatic rings. The number of carbonyl (C=O) groups is 2. The van der Waals surface area contributed by atoms with E-state index in [1.54, 1.807) is 36.5 Å². The standard InChI is InChI=1S/C18H15N3O3S/c1-2-10-21-16(22)15(11-12-6-5-9-19-12)25-18(21)20-14-8-4-3-7-13(14)17(23)24/h2-9,11,19H,1,10H2,(H,23,24)/b15-11-,20-18?. The lowest BCUT2D eigenvalue weighted by molar-refractivity contribution is -0.121. The van der Waals surface area contributed by atoms with Crippen LogP contribution in [0.3, 0.4) is 0 Å². The Hall–Kier alpha value is -3.06. The molecule has 0 spiro atoms. The Bertz CT molecular complexity index is 885. The zero-order valence-electron chi connectivity index (χ0n) is 13.2. The molecule has 6 nitrogen and oxygen atoms in total. The lowest BCUT2D eigenvalue weighted by atomic mass is 10.2. The first-order valence-electron chi connectivity index (χ1n) is 7.47. The van der Waals surface area contributed by atoms with Crippen LogP contribution in [0.15, 0.2) is 65.1 Å². The molecule has 1 aliphatic heterocycles. The predicted octanol–water partition coefficient (Wildman–Crippen LogP) is 3.50. The monoisotopic (exact) mass is 353 g/mol. The number of amidine groups is 1. The number of amides is 1. The number of rotatable bonds is 5. The molecular weight excluding hydrogens is 338 g/mol. The fraction of sp³-hybridized carbons (Fsp3) is 0.0556. The number of aromatic amines is 1. The van der Waals surface area contributed by atoms with Gasteiger partial charge in [-0.15, -0.1) is 6.58 Å². The molecule has 2 aromatic rings. The van der Waals surface area contributed by atoms with Gasteiger partial charge in [0.05, 0.1) is 16.2 Å². The first-order chi connectivity index (χ1) is 12.1. The first kappa shape index (κ1) is 16.8. The van der Waals surface area contributed by atoms with Crippen LogP contribution in [0, 0.1) is 0 Å². The van der Waals surface area contributed by atoms with Crippen LogP contribution in [0.5, 0.6) is 0 Å². The Morgan fingerprint density at radius 1 is 1.32 bits per heavy atom. The summed E-state index contributed by atoms with van der Waals surface area (Å²) >= 11 is 1.21. The summed E-state index contributed by atoms with van der Waals surface area (Å²) in [5.74, 6) is -1.25. The van der Waals surface area contributed by atoms with E-state index < -0.39 is 5.97 Å². The summed E-state index contributed by atoms with van der Waals surface area (Å²) in [7, 11) is 0. The molecule has 25 heavy (non-hydrogen) atoms. The highest BCUT2D eigenvalue weighted by Crippen LogP contribution is 2.34. The Morgan fingerprint density at radius 2 is 2.12 bits per heavy atom. The number of carbonyl (C=O) groups excluding carboxylic acids is 1. The van der Waals surface area contributed by atoms with Crippen LogP contribution >= 0.6 is 11.8 Å². The van der Waals surface area contributed by atoms with Gasteiger partial charge >= 0.3 is 5.97 Å². The average Bonchev–Trinajstić information content (AvgIpc) is 3.20. The van der Waals surface area contributed by atoms with E-state index in [0.29, 0.717) is 22.3 Å². The number of aromatic carboxylic acids is 1. The van der Waals surface area contributed by atoms with Crippen LogP contribution in [-0.2, 0) is 4.79 Å². The molecule has 7 heteroatoms. The predicted molar refractivity (Wildman–Crippen MR) is 98.8 cm³/mol. The van der Waals surface area contributed by atoms with Crippen LogP contribution in [0.1, 0.15) is 16.1 Å². The summed E-state index contributed by atoms with van der Waals surface area (Å²) in [5.41, 5.74) is 1.20. The zero-order valence-corrected chi connectivity index (χ0v) is 14.0. The van der Waals surface area contributed by atoms with Gasteiger partial charge in [-0.3, -0.25) is 9.69 Å². The van der Waals surface area contributed by atoms with E-state index in [9.17, 15) is 14.7 Å². The third-order valence-corrected chi connectivity index (χ3v) is 4.47. The molecule has 1 fully saturated rings. The van der Waals surface area contributed by atoms with Crippen molar-refractivity contribution in [2.75, 3.05) is 6.54 Å². The van der Waals surface area contributed by atoms with Gasteiger partial charge in [-0.25, -0.2) is 9.79 Å². The number of H-pyrrole nitrogens is 1. The van der Waals surface area contributed by atoms with Crippen molar-refractivity contribution < 1.29 is 14.7 Å². The van der Waals surface area contributed by atoms with Gasteiger partial charge < -0.3 is 10.1 Å². The van der Waals surface area contributed by atoms with Crippen molar-refractivity contribution in [2.24, 2.45) is 4.99 Å². The summed E-state index contributed by atoms with van der Waals surface area (Å²) in [6, 6.07) is 10.1. The van der Waals surface area contributed by atoms with Gasteiger partial charge in [0.25, 0.3) is 5.91 Å². The van der Waals surface area contributed by atoms with Gasteiger partial charge in [-0.1, -0.05) is 18.2 Å². The molecule has 1 saturated heterocycles. The highest BCUT2D eigenvalue weighted by molar-refractivity contribution is 8.18. The molecule has 2 heterocycles. The summed E-state index contributed by atoms with van der Waals surface area (Å²) in [6.45, 7) is 3.96. The van der Waals surface area contributed by atoms with Crippen molar-refractivity contribution in [1.82, 2.24) is 9.88 Å². The molecule has 1 aromatic heterocycles. The quantitative estimate of drug-likeness (QED) is 0.636. The molecule has 126 valence electrons. The van der Waals surface area contributed by atoms with Crippen molar-refractivity contribution in [1.29, 1.82) is 0 Å². The minimum absolute atomic E-state index is 0.0865. The summed E-state index contributed by atoms with van der Waals surface area (Å²) < 4.78 is 0. The van der Waals surface area contributed by atoms with E-state index in [2.05, 4.69) is 16.6 Å². The largest absolute Gasteiger partial charge is 0.478 e. The van der Waals surface area contributed by atoms with E-state index in [4.69, 9.17) is 0 Å². The van der Waals surface area contributed by atoms with E-state index in [1.165, 1.54) is 22.7 Å². The molecular formula is C18H15N3O3S. The molecule has 1 aromatic carbocycles. The van der Waals surface area contributed by atoms with Crippen molar-refractivity contribution in [3.8, 4) is 0 Å². The minimum Gasteiger partial charge on any atom is -0.478 e. The maximum Gasteiger partial charge on any atom is 0.337 e. The number of hydrogen-bond donors (Lipinski definition) is 2. The molecule has 0 saturated carbocycles. The third kappa shape index (κ3) is 3.56. The molecule has 0 aliphatic carbocycles. The Kier molecular flexibility index (Phi) is 4.85. The van der Waals surface area contributed by atoms with E-state index in [1.807, 2.05) is 12.1 Å². The van der Waals surface area contributed by atoms with Crippen molar-refractivity contribution in [2.45, 2.75) is 0 Å². The maximum atomic E-state index is 12.6. The van der Waals surface area contributed by atoms with Crippen LogP contribution in [-0.4, -0.2) is 38.6 Å². The Balaban J connectivity index is 2.01. The molecule has 2 N–H and O–H groups in total. The number of nitrogens with zero attached hydrogens (tertiary/aromatic N) is 2. The molecule has 0 radical (unpaired) electrons. The topological polar surface area (TPSA) is 85.8 Å². The van der Waals surface area contributed by atoms with Crippen LogP contribution in [0.2, 0.25) is 0 Å². The average molecular weight is 353 g/mol. The zero-order chi connectivity index (χ0) is 17.8. The number of benzene rings is 1. The second kappa shape index (κ2) is 7.23. The second-order valence-electron chi connectivity index (χ2n) is 5.16. The maximum absolute atomic E-state index is 12.6. The number of thioether (sulfide) groups is 1. The number of carboxylic acid groups (broad SMARTS) is 1. The van der Waals surface area contributed by atoms with Crippen molar-refractivity contribution in [3.05, 3.63) is 71.4 Å². The molecule has 1 amide bonds. The van der Waals surface area contributed by atoms with Crippen molar-refractivity contribution >= 4 is 40.6 Å². The van der Waals surface area contributed by atoms with Gasteiger partial charge in [-0.2, -0.15) is 0 Å². The molecule has 3 rings (SSSR count). The number of aromatic nitrogens is 1. The van der Waals surface area contributed by atoms with E-state index in [0.717, 1.165) is 5.69 Å². The second-order valence-corrected chi connectivity index (χ2v) is 6.17. The number of para-hydroxylation sites is 1. The highest BCUT2D eigenvalue weighted by atomic mass is 32.2. The number of carboxylic acids is 1. The van der Waals surface area contributed by atoms with E-state index >= 15 is 0 Å². The van der Waals surface area contributed by atoms with Gasteiger partial charge in [0, 0.05) is 18.4 Å². The van der Waals surface area contributed by atoms with Crippen LogP contribution in [0.25, 0.3) is 6.08 Å². The molecule has 0 unspecified atom stereocenters. The third-order valence-electron chi connectivity index (χ3n) is 3.46. The Morgan fingerprint density at radius 3 is 2.80 bits per heavy atom. The summed E-state index contributed by atoms with van der Waals surface area (Å²) in [4.78, 5) is 33.4. The lowest BCUT2D eigenvalue weighted by Gasteiger charge is -2.13. The number of aliphatic imine (C=N–C) groups is 1. The highest BCUT2D eigenvalue weighted by Gasteiger charge is 2.33. The fourth-order valence-electron chi connectivity index (χ4n) is 2.31. The summed E-state index contributed by atoms with van der Waals surface area (Å²) in [5, 5.41) is 9.72. The number of hydrogen-bond acceptors (Lipinski definition) is 4. The van der Waals surface area contributed by atoms with Gasteiger partial charge in [0.15, 0.2) is 5.17 Å². The first-order valence-corrected chi connectivity index (χ1v) is 8.28. The smallest absolute Gasteiger partial charge is 0.337 e. The van der Waals surface area contributed by atoms with Gasteiger partial charge in [-0.05, 0) is 42.1 Å².